The molecule has 0 bridgehead atoms. The lowest BCUT2D eigenvalue weighted by Gasteiger charge is -2.35. The van der Waals surface area contributed by atoms with Gasteiger partial charge < -0.3 is 14.9 Å². The molecule has 2 N–H and O–H groups in total. The number of rotatable bonds is 1. The molecule has 0 spiro atoms. The Hall–Kier alpha value is -2.00. The SMILES string of the molecule is Oc1ccc([C@@H]2Cc3ccc(O)cc3[C@@H]3COC[C@H]23)cc1. The van der Waals surface area contributed by atoms with E-state index in [0.717, 1.165) is 19.6 Å². The number of hydrogen-bond acceptors (Lipinski definition) is 3. The van der Waals surface area contributed by atoms with Crippen molar-refractivity contribution in [2.45, 2.75) is 18.3 Å². The normalized spacial score (nSPS) is 27.1. The molecular weight excluding hydrogens is 264 g/mol. The number of benzene rings is 2. The van der Waals surface area contributed by atoms with E-state index in [0.29, 0.717) is 29.3 Å². The van der Waals surface area contributed by atoms with Gasteiger partial charge in [-0.05, 0) is 59.2 Å². The van der Waals surface area contributed by atoms with Gasteiger partial charge in [0.1, 0.15) is 11.5 Å². The molecule has 3 nitrogen and oxygen atoms in total. The van der Waals surface area contributed by atoms with Crippen LogP contribution in [0.25, 0.3) is 0 Å². The van der Waals surface area contributed by atoms with E-state index in [9.17, 15) is 10.2 Å². The van der Waals surface area contributed by atoms with Gasteiger partial charge in [-0.25, -0.2) is 0 Å². The van der Waals surface area contributed by atoms with E-state index in [4.69, 9.17) is 4.74 Å². The summed E-state index contributed by atoms with van der Waals surface area (Å²) in [6.45, 7) is 1.50. The van der Waals surface area contributed by atoms with E-state index in [-0.39, 0.29) is 0 Å². The van der Waals surface area contributed by atoms with Gasteiger partial charge in [-0.3, -0.25) is 0 Å². The second-order valence-corrected chi connectivity index (χ2v) is 6.09. The standard InChI is InChI=1S/C18H18O3/c19-13-4-1-11(2-5-13)15-7-12-3-6-14(20)8-16(12)18-10-21-9-17(15)18/h1-6,8,15,17-20H,7,9-10H2/t15-,17+,18-/m0/s1. The van der Waals surface area contributed by atoms with Crippen LogP contribution in [0.5, 0.6) is 11.5 Å². The molecule has 2 aliphatic rings. The molecule has 0 saturated carbocycles. The Bertz CT molecular complexity index is 663. The van der Waals surface area contributed by atoms with Crippen molar-refractivity contribution in [2.24, 2.45) is 5.92 Å². The molecule has 0 aromatic heterocycles. The zero-order chi connectivity index (χ0) is 14.4. The van der Waals surface area contributed by atoms with Gasteiger partial charge in [0.2, 0.25) is 0 Å². The maximum atomic E-state index is 9.75. The van der Waals surface area contributed by atoms with Crippen molar-refractivity contribution in [3.8, 4) is 11.5 Å². The summed E-state index contributed by atoms with van der Waals surface area (Å²) in [6.07, 6.45) is 0.963. The van der Waals surface area contributed by atoms with E-state index >= 15 is 0 Å². The first-order valence-corrected chi connectivity index (χ1v) is 7.41. The molecule has 1 aliphatic heterocycles. The third kappa shape index (κ3) is 2.09. The van der Waals surface area contributed by atoms with Crippen LogP contribution in [-0.4, -0.2) is 23.4 Å². The Morgan fingerprint density at radius 3 is 2.43 bits per heavy atom. The number of fused-ring (bicyclic) bond motifs is 3. The molecule has 1 aliphatic carbocycles. The lowest BCUT2D eigenvalue weighted by molar-refractivity contribution is 0.180. The molecule has 0 amide bonds. The minimum atomic E-state index is 0.305. The average Bonchev–Trinajstić information content (AvgIpc) is 2.97. The van der Waals surface area contributed by atoms with E-state index in [1.54, 1.807) is 18.2 Å². The minimum absolute atomic E-state index is 0.305. The summed E-state index contributed by atoms with van der Waals surface area (Å²) in [4.78, 5) is 0. The number of ether oxygens (including phenoxy) is 1. The molecule has 3 atom stereocenters. The van der Waals surface area contributed by atoms with E-state index in [1.807, 2.05) is 24.3 Å². The fourth-order valence-corrected chi connectivity index (χ4v) is 3.88. The molecular formula is C18H18O3. The molecule has 21 heavy (non-hydrogen) atoms. The van der Waals surface area contributed by atoms with Crippen LogP contribution in [0.15, 0.2) is 42.5 Å². The van der Waals surface area contributed by atoms with Crippen molar-refractivity contribution < 1.29 is 14.9 Å². The van der Waals surface area contributed by atoms with Crippen molar-refractivity contribution in [3.63, 3.8) is 0 Å². The van der Waals surface area contributed by atoms with Gasteiger partial charge in [0.15, 0.2) is 0 Å². The van der Waals surface area contributed by atoms with Crippen LogP contribution in [0.2, 0.25) is 0 Å². The Labute approximate surface area is 123 Å². The van der Waals surface area contributed by atoms with Gasteiger partial charge >= 0.3 is 0 Å². The Kier molecular flexibility index (Phi) is 2.89. The highest BCUT2D eigenvalue weighted by atomic mass is 16.5. The number of phenols is 2. The van der Waals surface area contributed by atoms with Crippen LogP contribution >= 0.6 is 0 Å². The van der Waals surface area contributed by atoms with Crippen molar-refractivity contribution in [1.29, 1.82) is 0 Å². The van der Waals surface area contributed by atoms with Crippen molar-refractivity contribution in [1.82, 2.24) is 0 Å². The van der Waals surface area contributed by atoms with Gasteiger partial charge in [-0.2, -0.15) is 0 Å². The molecule has 4 rings (SSSR count). The first-order valence-electron chi connectivity index (χ1n) is 7.41. The summed E-state index contributed by atoms with van der Waals surface area (Å²) in [5, 5.41) is 19.2. The molecule has 0 unspecified atom stereocenters. The fourth-order valence-electron chi connectivity index (χ4n) is 3.88. The highest BCUT2D eigenvalue weighted by Gasteiger charge is 2.41. The van der Waals surface area contributed by atoms with E-state index in [2.05, 4.69) is 0 Å². The van der Waals surface area contributed by atoms with Crippen LogP contribution in [0.3, 0.4) is 0 Å². The van der Waals surface area contributed by atoms with Gasteiger partial charge in [0, 0.05) is 5.92 Å². The monoisotopic (exact) mass is 282 g/mol. The summed E-state index contributed by atoms with van der Waals surface area (Å²) < 4.78 is 5.73. The van der Waals surface area contributed by atoms with E-state index in [1.165, 1.54) is 16.7 Å². The average molecular weight is 282 g/mol. The fraction of sp³-hybridized carbons (Fsp3) is 0.333. The van der Waals surface area contributed by atoms with Gasteiger partial charge in [0.05, 0.1) is 13.2 Å². The number of aromatic hydroxyl groups is 2. The molecule has 1 heterocycles. The molecule has 2 aromatic rings. The Morgan fingerprint density at radius 1 is 0.857 bits per heavy atom. The predicted molar refractivity (Wildman–Crippen MR) is 79.7 cm³/mol. The van der Waals surface area contributed by atoms with Crippen molar-refractivity contribution in [3.05, 3.63) is 59.2 Å². The summed E-state index contributed by atoms with van der Waals surface area (Å²) in [5.41, 5.74) is 3.80. The second kappa shape index (κ2) is 4.78. The Morgan fingerprint density at radius 2 is 1.62 bits per heavy atom. The summed E-state index contributed by atoms with van der Waals surface area (Å²) in [7, 11) is 0. The number of hydrogen-bond donors (Lipinski definition) is 2. The van der Waals surface area contributed by atoms with Crippen molar-refractivity contribution >= 4 is 0 Å². The molecule has 108 valence electrons. The van der Waals surface area contributed by atoms with Crippen LogP contribution in [-0.2, 0) is 11.2 Å². The van der Waals surface area contributed by atoms with E-state index < -0.39 is 0 Å². The van der Waals surface area contributed by atoms with Gasteiger partial charge in [0.25, 0.3) is 0 Å². The van der Waals surface area contributed by atoms with Crippen LogP contribution in [0.4, 0.5) is 0 Å². The number of phenolic OH excluding ortho intramolecular Hbond substituents is 2. The molecule has 1 saturated heterocycles. The lowest BCUT2D eigenvalue weighted by atomic mass is 9.68. The molecule has 0 radical (unpaired) electrons. The van der Waals surface area contributed by atoms with Crippen LogP contribution in [0, 0.1) is 5.92 Å². The second-order valence-electron chi connectivity index (χ2n) is 6.09. The van der Waals surface area contributed by atoms with Gasteiger partial charge in [-0.1, -0.05) is 18.2 Å². The third-order valence-electron chi connectivity index (χ3n) is 4.93. The van der Waals surface area contributed by atoms with Crippen LogP contribution in [0.1, 0.15) is 28.5 Å². The summed E-state index contributed by atoms with van der Waals surface area (Å²) in [6, 6.07) is 13.2. The van der Waals surface area contributed by atoms with Gasteiger partial charge in [-0.15, -0.1) is 0 Å². The smallest absolute Gasteiger partial charge is 0.115 e. The van der Waals surface area contributed by atoms with Crippen LogP contribution < -0.4 is 0 Å². The predicted octanol–water partition coefficient (Wildman–Crippen LogP) is 3.17. The Balaban J connectivity index is 1.77. The summed E-state index contributed by atoms with van der Waals surface area (Å²) in [5.74, 6) is 1.86. The first-order chi connectivity index (χ1) is 10.2. The first kappa shape index (κ1) is 12.7. The highest BCUT2D eigenvalue weighted by molar-refractivity contribution is 5.43. The van der Waals surface area contributed by atoms with Crippen molar-refractivity contribution in [2.75, 3.05) is 13.2 Å². The molecule has 2 aromatic carbocycles. The lowest BCUT2D eigenvalue weighted by Crippen LogP contribution is -2.27. The summed E-state index contributed by atoms with van der Waals surface area (Å²) >= 11 is 0. The minimum Gasteiger partial charge on any atom is -0.508 e. The zero-order valence-electron chi connectivity index (χ0n) is 11.7. The highest BCUT2D eigenvalue weighted by Crippen LogP contribution is 2.48. The zero-order valence-corrected chi connectivity index (χ0v) is 11.7. The molecule has 1 fully saturated rings. The largest absolute Gasteiger partial charge is 0.508 e. The maximum Gasteiger partial charge on any atom is 0.115 e. The third-order valence-corrected chi connectivity index (χ3v) is 4.93. The topological polar surface area (TPSA) is 49.7 Å². The molecule has 3 heteroatoms. The quantitative estimate of drug-likeness (QED) is 0.844. The maximum absolute atomic E-state index is 9.75.